The number of carbonyl (C=O) groups is 2. The fraction of sp³-hybridized carbons (Fsp3) is 0.556. The monoisotopic (exact) mass is 328 g/mol. The number of nitrogens with zero attached hydrogens (tertiary/aromatic N) is 2. The van der Waals surface area contributed by atoms with E-state index in [0.717, 1.165) is 44.7 Å². The lowest BCUT2D eigenvalue weighted by Gasteiger charge is -2.39. The Kier molecular flexibility index (Phi) is 3.92. The van der Waals surface area contributed by atoms with Gasteiger partial charge in [-0.1, -0.05) is 0 Å². The summed E-state index contributed by atoms with van der Waals surface area (Å²) in [6.07, 6.45) is 3.43. The van der Waals surface area contributed by atoms with Gasteiger partial charge in [-0.3, -0.25) is 9.69 Å². The number of likely N-dealkylation sites (tertiary alicyclic amines) is 1. The highest BCUT2D eigenvalue weighted by Crippen LogP contribution is 2.37. The van der Waals surface area contributed by atoms with Crippen molar-refractivity contribution in [3.63, 3.8) is 0 Å². The Morgan fingerprint density at radius 3 is 2.33 bits per heavy atom. The van der Waals surface area contributed by atoms with E-state index in [2.05, 4.69) is 10.6 Å². The molecule has 0 unspecified atom stereocenters. The molecule has 6 nitrogen and oxygen atoms in total. The van der Waals surface area contributed by atoms with Crippen LogP contribution in [0.3, 0.4) is 0 Å². The summed E-state index contributed by atoms with van der Waals surface area (Å²) < 4.78 is 0. The first-order chi connectivity index (χ1) is 11.7. The fourth-order valence-electron chi connectivity index (χ4n) is 4.09. The molecule has 3 saturated heterocycles. The van der Waals surface area contributed by atoms with Gasteiger partial charge in [-0.2, -0.15) is 0 Å². The average molecular weight is 328 g/mol. The van der Waals surface area contributed by atoms with Crippen molar-refractivity contribution in [3.8, 4) is 0 Å². The van der Waals surface area contributed by atoms with Gasteiger partial charge < -0.3 is 15.5 Å². The minimum atomic E-state index is -0.0689. The van der Waals surface area contributed by atoms with Crippen molar-refractivity contribution < 1.29 is 9.59 Å². The molecule has 3 heterocycles. The molecule has 128 valence electrons. The van der Waals surface area contributed by atoms with Crippen molar-refractivity contribution >= 4 is 17.6 Å². The molecule has 3 fully saturated rings. The van der Waals surface area contributed by atoms with Gasteiger partial charge in [-0.25, -0.2) is 4.79 Å². The summed E-state index contributed by atoms with van der Waals surface area (Å²) in [7, 11) is 0. The lowest BCUT2D eigenvalue weighted by molar-refractivity contribution is 0.0607. The van der Waals surface area contributed by atoms with Gasteiger partial charge in [0.2, 0.25) is 0 Å². The topological polar surface area (TPSA) is 64.7 Å². The Labute approximate surface area is 142 Å². The molecule has 0 bridgehead atoms. The quantitative estimate of drug-likeness (QED) is 0.863. The normalized spacial score (nSPS) is 22.9. The van der Waals surface area contributed by atoms with Gasteiger partial charge >= 0.3 is 6.03 Å². The largest absolute Gasteiger partial charge is 0.339 e. The number of urea groups is 1. The highest BCUT2D eigenvalue weighted by molar-refractivity contribution is 5.97. The van der Waals surface area contributed by atoms with Gasteiger partial charge in [0.25, 0.3) is 5.91 Å². The molecule has 1 aromatic carbocycles. The van der Waals surface area contributed by atoms with Crippen LogP contribution in [0.1, 0.15) is 29.6 Å². The zero-order valence-corrected chi connectivity index (χ0v) is 13.9. The predicted octanol–water partition coefficient (Wildman–Crippen LogP) is 1.43. The van der Waals surface area contributed by atoms with E-state index in [0.29, 0.717) is 24.1 Å². The molecule has 3 aliphatic heterocycles. The minimum absolute atomic E-state index is 0.0689. The summed E-state index contributed by atoms with van der Waals surface area (Å²) in [4.78, 5) is 28.1. The molecule has 3 aliphatic rings. The molecule has 0 aliphatic carbocycles. The lowest BCUT2D eigenvalue weighted by Crippen LogP contribution is -2.44. The van der Waals surface area contributed by atoms with Crippen LogP contribution in [-0.4, -0.2) is 56.1 Å². The third-order valence-corrected chi connectivity index (χ3v) is 5.73. The summed E-state index contributed by atoms with van der Waals surface area (Å²) in [6, 6.07) is 7.34. The standard InChI is InChI=1S/C18H24N4O2/c23-16(21-10-6-18(7-11-21)5-8-19-13-18)14-1-3-15(4-2-14)22-12-9-20-17(22)24/h1-4,19H,5-13H2,(H,20,24). The molecule has 24 heavy (non-hydrogen) atoms. The Balaban J connectivity index is 1.40. The first-order valence-electron chi connectivity index (χ1n) is 8.82. The molecule has 0 saturated carbocycles. The van der Waals surface area contributed by atoms with Crippen molar-refractivity contribution in [1.29, 1.82) is 0 Å². The number of carbonyl (C=O) groups excluding carboxylic acids is 2. The van der Waals surface area contributed by atoms with E-state index in [1.807, 2.05) is 29.2 Å². The molecule has 0 atom stereocenters. The first kappa shape index (κ1) is 15.4. The van der Waals surface area contributed by atoms with Crippen LogP contribution in [0.5, 0.6) is 0 Å². The SMILES string of the molecule is O=C(c1ccc(N2CCNC2=O)cc1)N1CCC2(CCNC2)CC1. The molecule has 3 amide bonds. The number of nitrogens with one attached hydrogen (secondary N) is 2. The second-order valence-electron chi connectivity index (χ2n) is 7.15. The van der Waals surface area contributed by atoms with Crippen LogP contribution in [-0.2, 0) is 0 Å². The molecule has 1 aromatic rings. The minimum Gasteiger partial charge on any atom is -0.339 e. The number of hydrogen-bond acceptors (Lipinski definition) is 3. The molecule has 6 heteroatoms. The van der Waals surface area contributed by atoms with E-state index in [9.17, 15) is 9.59 Å². The van der Waals surface area contributed by atoms with Crippen LogP contribution < -0.4 is 15.5 Å². The summed E-state index contributed by atoms with van der Waals surface area (Å²) in [6.45, 7) is 5.24. The molecule has 0 aromatic heterocycles. The van der Waals surface area contributed by atoms with Gasteiger partial charge in [-0.15, -0.1) is 0 Å². The molecular formula is C18H24N4O2. The van der Waals surface area contributed by atoms with Crippen LogP contribution in [0.25, 0.3) is 0 Å². The second-order valence-corrected chi connectivity index (χ2v) is 7.15. The van der Waals surface area contributed by atoms with Gasteiger partial charge in [0.15, 0.2) is 0 Å². The number of anilines is 1. The summed E-state index contributed by atoms with van der Waals surface area (Å²) in [5, 5.41) is 6.24. The van der Waals surface area contributed by atoms with Crippen LogP contribution in [0.15, 0.2) is 24.3 Å². The second kappa shape index (κ2) is 6.09. The number of piperidine rings is 1. The van der Waals surface area contributed by atoms with E-state index in [4.69, 9.17) is 0 Å². The summed E-state index contributed by atoms with van der Waals surface area (Å²) in [5.41, 5.74) is 1.97. The first-order valence-corrected chi connectivity index (χ1v) is 8.82. The van der Waals surface area contributed by atoms with E-state index in [1.54, 1.807) is 4.90 Å². The zero-order valence-electron chi connectivity index (χ0n) is 13.9. The maximum atomic E-state index is 12.7. The van der Waals surface area contributed by atoms with Gasteiger partial charge in [0, 0.05) is 44.0 Å². The van der Waals surface area contributed by atoms with Crippen molar-refractivity contribution in [2.75, 3.05) is 44.2 Å². The van der Waals surface area contributed by atoms with Gasteiger partial charge in [-0.05, 0) is 55.5 Å². The van der Waals surface area contributed by atoms with E-state index < -0.39 is 0 Å². The Bertz CT molecular complexity index is 627. The van der Waals surface area contributed by atoms with Crippen molar-refractivity contribution in [2.24, 2.45) is 5.41 Å². The molecule has 4 rings (SSSR count). The fourth-order valence-corrected chi connectivity index (χ4v) is 4.09. The highest BCUT2D eigenvalue weighted by Gasteiger charge is 2.38. The van der Waals surface area contributed by atoms with Gasteiger partial charge in [0.1, 0.15) is 0 Å². The van der Waals surface area contributed by atoms with Crippen LogP contribution in [0.4, 0.5) is 10.5 Å². The third-order valence-electron chi connectivity index (χ3n) is 5.73. The molecule has 0 radical (unpaired) electrons. The maximum absolute atomic E-state index is 12.7. The van der Waals surface area contributed by atoms with E-state index >= 15 is 0 Å². The van der Waals surface area contributed by atoms with E-state index in [1.165, 1.54) is 6.42 Å². The number of benzene rings is 1. The molecular weight excluding hydrogens is 304 g/mol. The van der Waals surface area contributed by atoms with Crippen molar-refractivity contribution in [3.05, 3.63) is 29.8 Å². The zero-order chi connectivity index (χ0) is 16.6. The average Bonchev–Trinajstić information content (AvgIpc) is 3.25. The Morgan fingerprint density at radius 1 is 1.00 bits per heavy atom. The molecule has 1 spiro atoms. The Hall–Kier alpha value is -2.08. The summed E-state index contributed by atoms with van der Waals surface area (Å²) in [5.74, 6) is 0.105. The number of rotatable bonds is 2. The lowest BCUT2D eigenvalue weighted by atomic mass is 9.78. The van der Waals surface area contributed by atoms with Crippen LogP contribution in [0, 0.1) is 5.41 Å². The Morgan fingerprint density at radius 2 is 1.75 bits per heavy atom. The van der Waals surface area contributed by atoms with Crippen molar-refractivity contribution in [2.45, 2.75) is 19.3 Å². The number of amides is 3. The van der Waals surface area contributed by atoms with Gasteiger partial charge in [0.05, 0.1) is 0 Å². The van der Waals surface area contributed by atoms with E-state index in [-0.39, 0.29) is 11.9 Å². The highest BCUT2D eigenvalue weighted by atomic mass is 16.2. The number of hydrogen-bond donors (Lipinski definition) is 2. The van der Waals surface area contributed by atoms with Crippen LogP contribution >= 0.6 is 0 Å². The van der Waals surface area contributed by atoms with Crippen LogP contribution in [0.2, 0.25) is 0 Å². The maximum Gasteiger partial charge on any atom is 0.321 e. The smallest absolute Gasteiger partial charge is 0.321 e. The predicted molar refractivity (Wildman–Crippen MR) is 92.2 cm³/mol. The van der Waals surface area contributed by atoms with Crippen molar-refractivity contribution in [1.82, 2.24) is 15.5 Å². The summed E-state index contributed by atoms with van der Waals surface area (Å²) >= 11 is 0. The molecule has 2 N–H and O–H groups in total. The third kappa shape index (κ3) is 2.75.